The van der Waals surface area contributed by atoms with Crippen LogP contribution in [0.1, 0.15) is 76.2 Å². The molecule has 2 N–H and O–H groups in total. The summed E-state index contributed by atoms with van der Waals surface area (Å²) in [6.07, 6.45) is 9.47. The molecule has 0 saturated carbocycles. The van der Waals surface area contributed by atoms with E-state index in [2.05, 4.69) is 30.4 Å². The second-order valence-corrected chi connectivity index (χ2v) is 13.8. The van der Waals surface area contributed by atoms with Crippen LogP contribution in [0.3, 0.4) is 0 Å². The molecular weight excluding hydrogens is 694 g/mol. The first-order chi connectivity index (χ1) is 25.1. The predicted molar refractivity (Wildman–Crippen MR) is 190 cm³/mol. The highest BCUT2D eigenvalue weighted by Crippen LogP contribution is 2.38. The van der Waals surface area contributed by atoms with Gasteiger partial charge >= 0.3 is 0 Å². The third-order valence-electron chi connectivity index (χ3n) is 7.74. The molecule has 274 valence electrons. The Kier molecular flexibility index (Phi) is 9.80. The monoisotopic (exact) mass is 729 g/mol. The van der Waals surface area contributed by atoms with E-state index in [1.165, 1.54) is 24.3 Å². The molecule has 0 fully saturated rings. The van der Waals surface area contributed by atoms with Gasteiger partial charge in [-0.05, 0) is 36.4 Å². The number of carbonyl (C=O) groups excluding carboxylic acids is 1. The van der Waals surface area contributed by atoms with Gasteiger partial charge in [-0.25, -0.2) is 37.5 Å². The van der Waals surface area contributed by atoms with Gasteiger partial charge in [0.15, 0.2) is 34.9 Å². The number of anilines is 4. The Morgan fingerprint density at radius 3 is 1.32 bits per heavy atom. The van der Waals surface area contributed by atoms with E-state index in [0.29, 0.717) is 38.0 Å². The van der Waals surface area contributed by atoms with E-state index in [1.807, 2.05) is 41.5 Å². The van der Waals surface area contributed by atoms with Crippen LogP contribution in [0.4, 0.5) is 40.6 Å². The largest absolute Gasteiger partial charge is 0.441 e. The average molecular weight is 730 g/mol. The number of aromatic nitrogens is 6. The Hall–Kier alpha value is -6.45. The normalized spacial score (nSPS) is 12.3. The number of rotatable bonds is 11. The third-order valence-corrected chi connectivity index (χ3v) is 7.74. The van der Waals surface area contributed by atoms with E-state index in [0.717, 1.165) is 36.4 Å². The summed E-state index contributed by atoms with van der Waals surface area (Å²) in [7, 11) is 0. The molecule has 0 aliphatic rings. The van der Waals surface area contributed by atoms with Gasteiger partial charge in [-0.2, -0.15) is 10.2 Å². The Labute approximate surface area is 301 Å². The van der Waals surface area contributed by atoms with Crippen molar-refractivity contribution in [1.29, 1.82) is 0 Å². The number of aromatic amines is 2. The van der Waals surface area contributed by atoms with Crippen LogP contribution >= 0.6 is 0 Å². The SMILES string of the molecule is CC(C)(C)c1cnc(/C=C\c2cc(N(c3c(F)cccc3F)N(C=O)N(c3cc(/C=C\c4ncc(C(C)(C)C)o4)[nH]n3)c3c(F)cccc3F)n[nH]2)o1. The van der Waals surface area contributed by atoms with Crippen molar-refractivity contribution in [3.63, 3.8) is 0 Å². The molecule has 12 nitrogen and oxygen atoms in total. The number of hydrogen-bond donors (Lipinski definition) is 2. The van der Waals surface area contributed by atoms with Gasteiger partial charge in [-0.3, -0.25) is 15.0 Å². The molecule has 0 aliphatic heterocycles. The lowest BCUT2D eigenvalue weighted by Crippen LogP contribution is -2.50. The molecule has 1 amide bonds. The molecule has 0 spiro atoms. The first-order valence-corrected chi connectivity index (χ1v) is 16.3. The Morgan fingerprint density at radius 2 is 1.00 bits per heavy atom. The first-order valence-electron chi connectivity index (χ1n) is 16.3. The van der Waals surface area contributed by atoms with Crippen LogP contribution in [0.2, 0.25) is 0 Å². The number of benzene rings is 2. The number of hydrazine groups is 2. The van der Waals surface area contributed by atoms with E-state index in [-0.39, 0.29) is 40.7 Å². The fraction of sp³-hybridized carbons (Fsp3) is 0.216. The van der Waals surface area contributed by atoms with E-state index >= 15 is 17.6 Å². The number of H-pyrrole nitrogens is 2. The van der Waals surface area contributed by atoms with Gasteiger partial charge in [0.2, 0.25) is 18.2 Å². The van der Waals surface area contributed by atoms with Gasteiger partial charge in [0.05, 0.1) is 23.8 Å². The van der Waals surface area contributed by atoms with Crippen LogP contribution in [-0.2, 0) is 15.6 Å². The molecule has 4 heterocycles. The molecule has 0 bridgehead atoms. The first kappa shape index (κ1) is 36.3. The molecule has 0 saturated heterocycles. The van der Waals surface area contributed by atoms with Crippen LogP contribution < -0.4 is 10.0 Å². The smallest absolute Gasteiger partial charge is 0.249 e. The second-order valence-electron chi connectivity index (χ2n) is 13.8. The molecule has 2 aromatic carbocycles. The summed E-state index contributed by atoms with van der Waals surface area (Å²) in [5.74, 6) is -3.13. The maximum absolute atomic E-state index is 15.6. The molecule has 4 aromatic heterocycles. The lowest BCUT2D eigenvalue weighted by atomic mass is 9.94. The molecule has 0 atom stereocenters. The van der Waals surface area contributed by atoms with Crippen molar-refractivity contribution in [2.24, 2.45) is 0 Å². The van der Waals surface area contributed by atoms with Crippen molar-refractivity contribution in [1.82, 2.24) is 35.5 Å². The summed E-state index contributed by atoms with van der Waals surface area (Å²) < 4.78 is 74.1. The van der Waals surface area contributed by atoms with Crippen molar-refractivity contribution < 1.29 is 31.2 Å². The predicted octanol–water partition coefficient (Wildman–Crippen LogP) is 8.87. The van der Waals surface area contributed by atoms with Crippen molar-refractivity contribution in [2.75, 3.05) is 10.0 Å². The second kappa shape index (κ2) is 14.3. The zero-order chi connectivity index (χ0) is 38.1. The summed E-state index contributed by atoms with van der Waals surface area (Å²) in [4.78, 5) is 21.6. The molecule has 53 heavy (non-hydrogen) atoms. The third kappa shape index (κ3) is 7.75. The van der Waals surface area contributed by atoms with Crippen LogP contribution in [-0.4, -0.2) is 41.9 Å². The topological polar surface area (TPSA) is 136 Å². The van der Waals surface area contributed by atoms with Gasteiger partial charge in [-0.1, -0.05) is 53.7 Å². The zero-order valence-electron chi connectivity index (χ0n) is 29.5. The van der Waals surface area contributed by atoms with Crippen LogP contribution in [0.5, 0.6) is 0 Å². The number of halogens is 4. The Balaban J connectivity index is 1.44. The molecule has 0 radical (unpaired) electrons. The highest BCUT2D eigenvalue weighted by molar-refractivity contribution is 5.75. The van der Waals surface area contributed by atoms with Gasteiger partial charge in [0, 0.05) is 35.1 Å². The van der Waals surface area contributed by atoms with Gasteiger partial charge < -0.3 is 8.83 Å². The Morgan fingerprint density at radius 1 is 0.623 bits per heavy atom. The Bertz CT molecular complexity index is 2100. The molecule has 6 aromatic rings. The van der Waals surface area contributed by atoms with Crippen LogP contribution in [0, 0.1) is 23.3 Å². The van der Waals surface area contributed by atoms with E-state index < -0.39 is 34.6 Å². The van der Waals surface area contributed by atoms with Gasteiger partial charge in [-0.15, -0.1) is 5.12 Å². The maximum atomic E-state index is 15.6. The minimum absolute atomic E-state index is 0.105. The van der Waals surface area contributed by atoms with E-state index in [9.17, 15) is 4.79 Å². The molecule has 0 unspecified atom stereocenters. The number of nitrogens with zero attached hydrogens (tertiary/aromatic N) is 7. The van der Waals surface area contributed by atoms with Crippen LogP contribution in [0.15, 0.2) is 69.8 Å². The number of carbonyl (C=O) groups is 1. The lowest BCUT2D eigenvalue weighted by Gasteiger charge is -2.39. The molecule has 6 rings (SSSR count). The lowest BCUT2D eigenvalue weighted by molar-refractivity contribution is -0.118. The maximum Gasteiger partial charge on any atom is 0.249 e. The molecular formula is C37H35F4N9O3. The van der Waals surface area contributed by atoms with E-state index in [1.54, 1.807) is 24.5 Å². The summed E-state index contributed by atoms with van der Waals surface area (Å²) >= 11 is 0. The highest BCUT2D eigenvalue weighted by atomic mass is 19.1. The van der Waals surface area contributed by atoms with E-state index in [4.69, 9.17) is 8.83 Å². The van der Waals surface area contributed by atoms with Crippen molar-refractivity contribution in [3.8, 4) is 0 Å². The van der Waals surface area contributed by atoms with Crippen LogP contribution in [0.25, 0.3) is 24.3 Å². The number of amides is 1. The van der Waals surface area contributed by atoms with Gasteiger partial charge in [0.25, 0.3) is 0 Å². The molecule has 0 aliphatic carbocycles. The summed E-state index contributed by atoms with van der Waals surface area (Å²) in [5.41, 5.74) is -1.57. The standard InChI is InChI=1S/C37H35F4N9O3/c1-36(2,3)28-19-42-32(52-28)15-13-22-17-30(46-44-22)49(34-24(38)9-7-10-25(34)39)48(21-51)50(35-26(40)11-8-12-27(35)41)31-18-23(45-47-31)14-16-33-43-20-29(53-33)37(4,5)6/h7-21H,1-6H3,(H,44,46)(H,45,47)/b15-13-,16-14-. The highest BCUT2D eigenvalue weighted by Gasteiger charge is 2.35. The zero-order valence-corrected chi connectivity index (χ0v) is 29.5. The number of oxazole rings is 2. The van der Waals surface area contributed by atoms with Gasteiger partial charge in [0.1, 0.15) is 22.9 Å². The quantitative estimate of drug-likeness (QED) is 0.0761. The molecule has 16 heteroatoms. The number of hydrogen-bond acceptors (Lipinski definition) is 9. The summed E-state index contributed by atoms with van der Waals surface area (Å²) in [5, 5.41) is 15.8. The fourth-order valence-corrected chi connectivity index (χ4v) is 4.99. The fourth-order valence-electron chi connectivity index (χ4n) is 4.99. The summed E-state index contributed by atoms with van der Waals surface area (Å²) in [6.45, 7) is 11.8. The van der Waals surface area contributed by atoms with Crippen molar-refractivity contribution in [2.45, 2.75) is 52.4 Å². The van der Waals surface area contributed by atoms with Crippen molar-refractivity contribution >= 4 is 53.7 Å². The van der Waals surface area contributed by atoms with Crippen molar-refractivity contribution in [3.05, 3.63) is 119 Å². The average Bonchev–Trinajstić information content (AvgIpc) is 3.91. The number of para-hydroxylation sites is 2. The summed E-state index contributed by atoms with van der Waals surface area (Å²) in [6, 6.07) is 8.77. The minimum atomic E-state index is -1.12. The number of nitrogens with one attached hydrogen (secondary N) is 2. The minimum Gasteiger partial charge on any atom is -0.441 e.